The van der Waals surface area contributed by atoms with Gasteiger partial charge in [0.05, 0.1) is 0 Å². The quantitative estimate of drug-likeness (QED) is 0.775. The summed E-state index contributed by atoms with van der Waals surface area (Å²) in [7, 11) is 0. The van der Waals surface area contributed by atoms with Gasteiger partial charge in [-0.15, -0.1) is 0 Å². The smallest absolute Gasteiger partial charge is 0.136 e. The van der Waals surface area contributed by atoms with Crippen molar-refractivity contribution in [3.05, 3.63) is 0 Å². The Kier molecular flexibility index (Phi) is 3.77. The van der Waals surface area contributed by atoms with E-state index in [1.165, 1.54) is 32.1 Å². The zero-order chi connectivity index (χ0) is 13.4. The number of rotatable bonds is 3. The van der Waals surface area contributed by atoms with E-state index in [-0.39, 0.29) is 11.7 Å². The third kappa shape index (κ3) is 2.51. The minimum Gasteiger partial charge on any atom is -0.300 e. The van der Waals surface area contributed by atoms with Crippen LogP contribution in [0.1, 0.15) is 64.7 Å². The molecular weight excluding hydrogens is 236 g/mol. The number of fused-ring (bicyclic) bond motifs is 3. The van der Waals surface area contributed by atoms with Crippen molar-refractivity contribution in [2.24, 2.45) is 29.6 Å². The number of carbonyl (C=O) groups is 2. The summed E-state index contributed by atoms with van der Waals surface area (Å²) < 4.78 is 0. The second-order valence-electron chi connectivity index (χ2n) is 7.11. The van der Waals surface area contributed by atoms with Crippen molar-refractivity contribution in [1.29, 1.82) is 0 Å². The van der Waals surface area contributed by atoms with Gasteiger partial charge in [-0.2, -0.15) is 0 Å². The monoisotopic (exact) mass is 262 g/mol. The predicted molar refractivity (Wildman–Crippen MR) is 74.7 cm³/mol. The molecule has 3 saturated carbocycles. The van der Waals surface area contributed by atoms with Crippen LogP contribution in [0.2, 0.25) is 0 Å². The number of ketones is 2. The molecule has 2 nitrogen and oxygen atoms in total. The van der Waals surface area contributed by atoms with Crippen LogP contribution in [0.4, 0.5) is 0 Å². The van der Waals surface area contributed by atoms with Crippen LogP contribution in [0, 0.1) is 29.6 Å². The van der Waals surface area contributed by atoms with Crippen molar-refractivity contribution in [3.63, 3.8) is 0 Å². The zero-order valence-corrected chi connectivity index (χ0v) is 12.1. The lowest BCUT2D eigenvalue weighted by atomic mass is 9.58. The van der Waals surface area contributed by atoms with E-state index in [0.29, 0.717) is 18.1 Å². The molecule has 0 radical (unpaired) electrons. The molecule has 106 valence electrons. The molecule has 0 saturated heterocycles. The normalized spacial score (nSPS) is 41.7. The fraction of sp³-hybridized carbons (Fsp3) is 0.882. The van der Waals surface area contributed by atoms with Crippen LogP contribution in [0.25, 0.3) is 0 Å². The molecule has 3 rings (SSSR count). The van der Waals surface area contributed by atoms with E-state index in [1.807, 2.05) is 0 Å². The van der Waals surface area contributed by atoms with Crippen molar-refractivity contribution in [1.82, 2.24) is 0 Å². The van der Waals surface area contributed by atoms with Gasteiger partial charge in [-0.05, 0) is 62.7 Å². The first-order chi connectivity index (χ1) is 9.16. The van der Waals surface area contributed by atoms with Crippen LogP contribution >= 0.6 is 0 Å². The highest BCUT2D eigenvalue weighted by Gasteiger charge is 2.47. The van der Waals surface area contributed by atoms with Gasteiger partial charge < -0.3 is 4.79 Å². The molecule has 5 atom stereocenters. The molecule has 0 aromatic heterocycles. The summed E-state index contributed by atoms with van der Waals surface area (Å²) in [6.07, 6.45) is 10.2. The maximum atomic E-state index is 12.2. The molecule has 3 aliphatic carbocycles. The lowest BCUT2D eigenvalue weighted by molar-refractivity contribution is -0.132. The molecule has 0 aromatic rings. The Labute approximate surface area is 116 Å². The fourth-order valence-electron chi connectivity index (χ4n) is 5.32. The first-order valence-corrected chi connectivity index (χ1v) is 8.19. The summed E-state index contributed by atoms with van der Waals surface area (Å²) in [5.74, 6) is 4.19. The Morgan fingerprint density at radius 1 is 1.05 bits per heavy atom. The molecule has 3 fully saturated rings. The summed E-state index contributed by atoms with van der Waals surface area (Å²) in [5.41, 5.74) is 0. The standard InChI is InChI=1S/C17H26O2/c1-11(18)5-7-16-15-8-6-12-3-2-4-13(12)14(15)9-10-17(16)19/h12-16H,2-10H2,1H3/t12-,13+,14-,15-,16?/m0/s1. The van der Waals surface area contributed by atoms with Crippen molar-refractivity contribution in [3.8, 4) is 0 Å². The van der Waals surface area contributed by atoms with Crippen LogP contribution in [0.3, 0.4) is 0 Å². The van der Waals surface area contributed by atoms with E-state index in [0.717, 1.165) is 37.0 Å². The minimum atomic E-state index is 0.212. The van der Waals surface area contributed by atoms with Gasteiger partial charge in [0.1, 0.15) is 11.6 Å². The molecule has 19 heavy (non-hydrogen) atoms. The molecule has 0 spiro atoms. The third-order valence-corrected chi connectivity index (χ3v) is 6.15. The molecule has 0 heterocycles. The van der Waals surface area contributed by atoms with Crippen LogP contribution in [0.5, 0.6) is 0 Å². The van der Waals surface area contributed by atoms with E-state index in [9.17, 15) is 9.59 Å². The van der Waals surface area contributed by atoms with Gasteiger partial charge in [0.2, 0.25) is 0 Å². The molecule has 3 aliphatic rings. The predicted octanol–water partition coefficient (Wildman–Crippen LogP) is 3.78. The average molecular weight is 262 g/mol. The second kappa shape index (κ2) is 5.38. The van der Waals surface area contributed by atoms with Gasteiger partial charge in [-0.3, -0.25) is 4.79 Å². The summed E-state index contributed by atoms with van der Waals surface area (Å²) in [6, 6.07) is 0. The van der Waals surface area contributed by atoms with Gasteiger partial charge in [-0.1, -0.05) is 12.8 Å². The van der Waals surface area contributed by atoms with E-state index < -0.39 is 0 Å². The molecule has 0 N–H and O–H groups in total. The lowest BCUT2D eigenvalue weighted by Gasteiger charge is -2.46. The highest BCUT2D eigenvalue weighted by molar-refractivity contribution is 5.83. The van der Waals surface area contributed by atoms with Gasteiger partial charge in [0.25, 0.3) is 0 Å². The summed E-state index contributed by atoms with van der Waals surface area (Å²) in [5, 5.41) is 0. The SMILES string of the molecule is CC(=O)CCC1C(=O)CC[C@H]2[C@@H]3CCC[C@H]3CC[C@H]12. The molecule has 0 amide bonds. The fourth-order valence-corrected chi connectivity index (χ4v) is 5.32. The lowest BCUT2D eigenvalue weighted by Crippen LogP contribution is -2.42. The maximum Gasteiger partial charge on any atom is 0.136 e. The third-order valence-electron chi connectivity index (χ3n) is 6.15. The Morgan fingerprint density at radius 3 is 2.68 bits per heavy atom. The molecule has 0 aliphatic heterocycles. The maximum absolute atomic E-state index is 12.2. The summed E-state index contributed by atoms with van der Waals surface area (Å²) >= 11 is 0. The van der Waals surface area contributed by atoms with E-state index >= 15 is 0 Å². The van der Waals surface area contributed by atoms with Gasteiger partial charge in [0, 0.05) is 18.8 Å². The van der Waals surface area contributed by atoms with Gasteiger partial charge in [-0.25, -0.2) is 0 Å². The molecule has 2 heteroatoms. The highest BCUT2D eigenvalue weighted by atomic mass is 16.1. The van der Waals surface area contributed by atoms with Crippen LogP contribution in [-0.4, -0.2) is 11.6 Å². The first-order valence-electron chi connectivity index (χ1n) is 8.19. The minimum absolute atomic E-state index is 0.212. The highest BCUT2D eigenvalue weighted by Crippen LogP contribution is 2.54. The first kappa shape index (κ1) is 13.3. The Balaban J connectivity index is 1.72. The number of hydrogen-bond donors (Lipinski definition) is 0. The Hall–Kier alpha value is -0.660. The topological polar surface area (TPSA) is 34.1 Å². The number of Topliss-reactive ketones (excluding diaryl/α,β-unsaturated/α-hetero) is 2. The van der Waals surface area contributed by atoms with Crippen LogP contribution in [0.15, 0.2) is 0 Å². The van der Waals surface area contributed by atoms with Crippen molar-refractivity contribution >= 4 is 11.6 Å². The average Bonchev–Trinajstić information content (AvgIpc) is 2.85. The van der Waals surface area contributed by atoms with Crippen molar-refractivity contribution in [2.45, 2.75) is 64.7 Å². The van der Waals surface area contributed by atoms with Crippen molar-refractivity contribution < 1.29 is 9.59 Å². The molecule has 0 bridgehead atoms. The van der Waals surface area contributed by atoms with Crippen LogP contribution in [-0.2, 0) is 9.59 Å². The second-order valence-corrected chi connectivity index (χ2v) is 7.11. The van der Waals surface area contributed by atoms with Crippen LogP contribution < -0.4 is 0 Å². The number of hydrogen-bond acceptors (Lipinski definition) is 2. The largest absolute Gasteiger partial charge is 0.300 e. The van der Waals surface area contributed by atoms with Crippen molar-refractivity contribution in [2.75, 3.05) is 0 Å². The van der Waals surface area contributed by atoms with Gasteiger partial charge >= 0.3 is 0 Å². The summed E-state index contributed by atoms with van der Waals surface area (Å²) in [6.45, 7) is 1.65. The molecule has 1 unspecified atom stereocenters. The molecular formula is C17H26O2. The van der Waals surface area contributed by atoms with E-state index in [4.69, 9.17) is 0 Å². The Bertz CT molecular complexity index is 373. The van der Waals surface area contributed by atoms with E-state index in [1.54, 1.807) is 6.92 Å². The number of carbonyl (C=O) groups excluding carboxylic acids is 2. The molecule has 0 aromatic carbocycles. The van der Waals surface area contributed by atoms with Gasteiger partial charge in [0.15, 0.2) is 0 Å². The van der Waals surface area contributed by atoms with E-state index in [2.05, 4.69) is 0 Å². The summed E-state index contributed by atoms with van der Waals surface area (Å²) in [4.78, 5) is 23.5. The Morgan fingerprint density at radius 2 is 1.89 bits per heavy atom. The zero-order valence-electron chi connectivity index (χ0n) is 12.1.